The Morgan fingerprint density at radius 3 is 3.23 bits per heavy atom. The highest BCUT2D eigenvalue weighted by molar-refractivity contribution is 4.96. The molecule has 1 N–H and O–H groups in total. The van der Waals surface area contributed by atoms with Gasteiger partial charge in [-0.3, -0.25) is 0 Å². The van der Waals surface area contributed by atoms with Gasteiger partial charge in [0.05, 0.1) is 6.54 Å². The molecular formula is C9H16N4. The molecule has 1 aromatic heterocycles. The second-order valence-corrected chi connectivity index (χ2v) is 3.80. The van der Waals surface area contributed by atoms with Crippen LogP contribution in [0.2, 0.25) is 0 Å². The minimum atomic E-state index is 0.747. The molecule has 0 amide bonds. The summed E-state index contributed by atoms with van der Waals surface area (Å²) in [6.07, 6.45) is 2.33. The van der Waals surface area contributed by atoms with E-state index in [9.17, 15) is 0 Å². The highest BCUT2D eigenvalue weighted by Gasteiger charge is 2.17. The van der Waals surface area contributed by atoms with Crippen molar-refractivity contribution in [2.45, 2.75) is 32.9 Å². The van der Waals surface area contributed by atoms with Crippen molar-refractivity contribution in [2.24, 2.45) is 5.92 Å². The van der Waals surface area contributed by atoms with Gasteiger partial charge in [0.25, 0.3) is 0 Å². The van der Waals surface area contributed by atoms with E-state index >= 15 is 0 Å². The molecule has 0 aromatic carbocycles. The Kier molecular flexibility index (Phi) is 2.31. The molecular weight excluding hydrogens is 164 g/mol. The molecule has 1 atom stereocenters. The van der Waals surface area contributed by atoms with E-state index in [0.717, 1.165) is 37.1 Å². The molecule has 1 aliphatic heterocycles. The largest absolute Gasteiger partial charge is 0.313 e. The summed E-state index contributed by atoms with van der Waals surface area (Å²) in [5, 5.41) is 7.50. The Labute approximate surface area is 78.4 Å². The Hall–Kier alpha value is -0.900. The van der Waals surface area contributed by atoms with E-state index in [1.54, 1.807) is 0 Å². The predicted molar refractivity (Wildman–Crippen MR) is 50.3 cm³/mol. The summed E-state index contributed by atoms with van der Waals surface area (Å²) < 4.78 is 2.06. The van der Waals surface area contributed by atoms with Crippen LogP contribution < -0.4 is 5.32 Å². The molecule has 2 heterocycles. The molecule has 0 bridgehead atoms. The summed E-state index contributed by atoms with van der Waals surface area (Å²) in [6.45, 7) is 4.07. The van der Waals surface area contributed by atoms with Gasteiger partial charge in [-0.2, -0.15) is 5.10 Å². The molecule has 1 aromatic rings. The number of nitrogens with one attached hydrogen (secondary N) is 1. The molecule has 1 aliphatic rings. The Morgan fingerprint density at radius 1 is 1.62 bits per heavy atom. The zero-order valence-electron chi connectivity index (χ0n) is 8.25. The first kappa shape index (κ1) is 8.69. The van der Waals surface area contributed by atoms with Crippen LogP contribution in [0.25, 0.3) is 0 Å². The maximum atomic E-state index is 4.46. The number of nitrogens with zero attached hydrogens (tertiary/aromatic N) is 3. The van der Waals surface area contributed by atoms with Gasteiger partial charge < -0.3 is 5.32 Å². The Balaban J connectivity index is 2.18. The van der Waals surface area contributed by atoms with Gasteiger partial charge in [-0.25, -0.2) is 9.67 Å². The average Bonchev–Trinajstić information content (AvgIpc) is 2.46. The lowest BCUT2D eigenvalue weighted by atomic mass is 10.0. The van der Waals surface area contributed by atoms with Crippen molar-refractivity contribution in [1.82, 2.24) is 20.1 Å². The summed E-state index contributed by atoms with van der Waals surface area (Å²) in [4.78, 5) is 4.46. The number of aromatic nitrogens is 3. The fraction of sp³-hybridized carbons (Fsp3) is 0.778. The van der Waals surface area contributed by atoms with E-state index in [1.165, 1.54) is 6.42 Å². The van der Waals surface area contributed by atoms with Crippen molar-refractivity contribution in [3.05, 3.63) is 11.6 Å². The van der Waals surface area contributed by atoms with Crippen LogP contribution in [0.15, 0.2) is 0 Å². The van der Waals surface area contributed by atoms with Crippen molar-refractivity contribution in [2.75, 3.05) is 7.05 Å². The van der Waals surface area contributed by atoms with Gasteiger partial charge in [-0.1, -0.05) is 6.92 Å². The summed E-state index contributed by atoms with van der Waals surface area (Å²) in [7, 11) is 1.92. The molecule has 72 valence electrons. The number of hydrogen-bond donors (Lipinski definition) is 1. The molecule has 0 aliphatic carbocycles. The lowest BCUT2D eigenvalue weighted by molar-refractivity contribution is 0.367. The quantitative estimate of drug-likeness (QED) is 0.724. The zero-order valence-corrected chi connectivity index (χ0v) is 8.25. The molecule has 0 radical (unpaired) electrons. The maximum absolute atomic E-state index is 4.46. The van der Waals surface area contributed by atoms with Crippen LogP contribution in [-0.4, -0.2) is 21.8 Å². The topological polar surface area (TPSA) is 42.7 Å². The third-order valence-corrected chi connectivity index (χ3v) is 2.47. The number of rotatable bonds is 2. The number of fused-ring (bicyclic) bond motifs is 1. The minimum absolute atomic E-state index is 0.747. The molecule has 4 heteroatoms. The van der Waals surface area contributed by atoms with Crippen LogP contribution in [0.4, 0.5) is 0 Å². The Morgan fingerprint density at radius 2 is 2.46 bits per heavy atom. The third-order valence-electron chi connectivity index (χ3n) is 2.47. The number of hydrogen-bond acceptors (Lipinski definition) is 3. The molecule has 0 spiro atoms. The smallest absolute Gasteiger partial charge is 0.164 e. The third kappa shape index (κ3) is 1.72. The van der Waals surface area contributed by atoms with Crippen LogP contribution in [0.5, 0.6) is 0 Å². The van der Waals surface area contributed by atoms with E-state index in [4.69, 9.17) is 0 Å². The molecule has 1 unspecified atom stereocenters. The van der Waals surface area contributed by atoms with Gasteiger partial charge in [-0.15, -0.1) is 0 Å². The summed E-state index contributed by atoms with van der Waals surface area (Å²) in [5.74, 6) is 2.83. The number of aryl methyl sites for hydroxylation is 1. The van der Waals surface area contributed by atoms with E-state index in [1.807, 2.05) is 7.05 Å². The predicted octanol–water partition coefficient (Wildman–Crippen LogP) is 0.580. The lowest BCUT2D eigenvalue weighted by Crippen LogP contribution is -2.19. The van der Waals surface area contributed by atoms with Crippen molar-refractivity contribution < 1.29 is 0 Å². The molecule has 13 heavy (non-hydrogen) atoms. The van der Waals surface area contributed by atoms with Crippen molar-refractivity contribution in [3.63, 3.8) is 0 Å². The van der Waals surface area contributed by atoms with Crippen LogP contribution in [0.1, 0.15) is 25.0 Å². The van der Waals surface area contributed by atoms with Gasteiger partial charge in [0, 0.05) is 13.0 Å². The summed E-state index contributed by atoms with van der Waals surface area (Å²) >= 11 is 0. The molecule has 4 nitrogen and oxygen atoms in total. The van der Waals surface area contributed by atoms with E-state index in [2.05, 4.69) is 27.0 Å². The first-order valence-corrected chi connectivity index (χ1v) is 4.87. The van der Waals surface area contributed by atoms with Gasteiger partial charge >= 0.3 is 0 Å². The van der Waals surface area contributed by atoms with Gasteiger partial charge in [0.1, 0.15) is 5.82 Å². The van der Waals surface area contributed by atoms with Gasteiger partial charge in [0.2, 0.25) is 0 Å². The Bertz CT molecular complexity index is 292. The van der Waals surface area contributed by atoms with Crippen LogP contribution in [0.3, 0.4) is 0 Å². The average molecular weight is 180 g/mol. The second-order valence-electron chi connectivity index (χ2n) is 3.80. The molecule has 0 saturated carbocycles. The van der Waals surface area contributed by atoms with Crippen LogP contribution in [0, 0.1) is 5.92 Å². The zero-order chi connectivity index (χ0) is 9.26. The maximum Gasteiger partial charge on any atom is 0.164 e. The SMILES string of the molecule is CNCc1nc2n(n1)CC(C)CC2. The monoisotopic (exact) mass is 180 g/mol. The summed E-state index contributed by atoms with van der Waals surface area (Å²) in [6, 6.07) is 0. The van der Waals surface area contributed by atoms with Crippen molar-refractivity contribution >= 4 is 0 Å². The van der Waals surface area contributed by atoms with E-state index < -0.39 is 0 Å². The molecule has 2 rings (SSSR count). The minimum Gasteiger partial charge on any atom is -0.313 e. The van der Waals surface area contributed by atoms with E-state index in [0.29, 0.717) is 0 Å². The fourth-order valence-electron chi connectivity index (χ4n) is 1.75. The highest BCUT2D eigenvalue weighted by Crippen LogP contribution is 2.17. The standard InChI is InChI=1S/C9H16N4/c1-7-3-4-9-11-8(5-10-2)12-13(9)6-7/h7,10H,3-6H2,1-2H3. The van der Waals surface area contributed by atoms with Crippen LogP contribution >= 0.6 is 0 Å². The second kappa shape index (κ2) is 3.46. The lowest BCUT2D eigenvalue weighted by Gasteiger charge is -2.17. The first-order valence-electron chi connectivity index (χ1n) is 4.87. The molecule has 0 saturated heterocycles. The van der Waals surface area contributed by atoms with Gasteiger partial charge in [-0.05, 0) is 19.4 Å². The fourth-order valence-corrected chi connectivity index (χ4v) is 1.75. The highest BCUT2D eigenvalue weighted by atomic mass is 15.4. The molecule has 0 fully saturated rings. The van der Waals surface area contributed by atoms with Gasteiger partial charge in [0.15, 0.2) is 5.82 Å². The summed E-state index contributed by atoms with van der Waals surface area (Å²) in [5.41, 5.74) is 0. The van der Waals surface area contributed by atoms with Crippen molar-refractivity contribution in [1.29, 1.82) is 0 Å². The van der Waals surface area contributed by atoms with Crippen LogP contribution in [-0.2, 0) is 19.5 Å². The first-order chi connectivity index (χ1) is 6.29. The normalized spacial score (nSPS) is 21.5. The van der Waals surface area contributed by atoms with E-state index in [-0.39, 0.29) is 0 Å². The van der Waals surface area contributed by atoms with Crippen molar-refractivity contribution in [3.8, 4) is 0 Å².